The summed E-state index contributed by atoms with van der Waals surface area (Å²) in [5.41, 5.74) is 1.66. The molecule has 84 valence electrons. The highest BCUT2D eigenvalue weighted by atomic mass is 79.9. The molecule has 4 heteroatoms. The Kier molecular flexibility index (Phi) is 3.47. The van der Waals surface area contributed by atoms with E-state index in [1.54, 1.807) is 6.07 Å². The van der Waals surface area contributed by atoms with Crippen LogP contribution in [0.5, 0.6) is 0 Å². The van der Waals surface area contributed by atoms with Gasteiger partial charge >= 0.3 is 0 Å². The molecular formula is C12H13BrN2O. The number of nitriles is 1. The molecule has 1 aliphatic rings. The van der Waals surface area contributed by atoms with E-state index in [-0.39, 0.29) is 6.61 Å². The van der Waals surface area contributed by atoms with E-state index in [1.165, 1.54) is 12.8 Å². The predicted molar refractivity (Wildman–Crippen MR) is 66.3 cm³/mol. The first-order valence-electron chi connectivity index (χ1n) is 5.33. The van der Waals surface area contributed by atoms with Gasteiger partial charge in [-0.1, -0.05) is 15.9 Å². The molecule has 1 aromatic rings. The lowest BCUT2D eigenvalue weighted by molar-refractivity contribution is 0.301. The Morgan fingerprint density at radius 2 is 2.19 bits per heavy atom. The number of hydrogen-bond acceptors (Lipinski definition) is 3. The van der Waals surface area contributed by atoms with Gasteiger partial charge in [0.1, 0.15) is 0 Å². The molecule has 1 N–H and O–H groups in total. The largest absolute Gasteiger partial charge is 0.395 e. The molecule has 1 aromatic carbocycles. The van der Waals surface area contributed by atoms with Crippen LogP contribution in [0, 0.1) is 11.3 Å². The summed E-state index contributed by atoms with van der Waals surface area (Å²) in [5.74, 6) is 0. The van der Waals surface area contributed by atoms with Crippen molar-refractivity contribution >= 4 is 21.6 Å². The fourth-order valence-corrected chi connectivity index (χ4v) is 2.30. The van der Waals surface area contributed by atoms with Gasteiger partial charge in [0, 0.05) is 22.7 Å². The Morgan fingerprint density at radius 3 is 2.75 bits per heavy atom. The fourth-order valence-electron chi connectivity index (χ4n) is 1.82. The molecule has 0 aromatic heterocycles. The molecular weight excluding hydrogens is 268 g/mol. The molecule has 0 saturated heterocycles. The van der Waals surface area contributed by atoms with Gasteiger partial charge in [0.15, 0.2) is 0 Å². The number of hydrogen-bond donors (Lipinski definition) is 1. The maximum atomic E-state index is 9.05. The van der Waals surface area contributed by atoms with E-state index in [0.717, 1.165) is 10.2 Å². The lowest BCUT2D eigenvalue weighted by Gasteiger charge is -2.24. The first-order valence-corrected chi connectivity index (χ1v) is 6.12. The molecule has 0 bridgehead atoms. The number of rotatable bonds is 4. The normalized spacial score (nSPS) is 14.6. The van der Waals surface area contributed by atoms with Crippen LogP contribution < -0.4 is 4.90 Å². The molecule has 3 nitrogen and oxygen atoms in total. The Balaban J connectivity index is 2.29. The second-order valence-corrected chi connectivity index (χ2v) is 4.87. The van der Waals surface area contributed by atoms with Crippen LogP contribution in [0.2, 0.25) is 0 Å². The van der Waals surface area contributed by atoms with Crippen molar-refractivity contribution in [1.82, 2.24) is 0 Å². The number of halogens is 1. The van der Waals surface area contributed by atoms with Gasteiger partial charge in [-0.3, -0.25) is 0 Å². The summed E-state index contributed by atoms with van der Waals surface area (Å²) in [6.07, 6.45) is 2.35. The summed E-state index contributed by atoms with van der Waals surface area (Å²) in [5, 5.41) is 18.0. The van der Waals surface area contributed by atoms with Crippen molar-refractivity contribution < 1.29 is 5.11 Å². The van der Waals surface area contributed by atoms with Gasteiger partial charge in [0.2, 0.25) is 0 Å². The molecule has 0 spiro atoms. The topological polar surface area (TPSA) is 47.3 Å². The lowest BCUT2D eigenvalue weighted by atomic mass is 10.2. The summed E-state index contributed by atoms with van der Waals surface area (Å²) >= 11 is 3.40. The van der Waals surface area contributed by atoms with Crippen molar-refractivity contribution in [1.29, 1.82) is 5.26 Å². The minimum Gasteiger partial charge on any atom is -0.395 e. The van der Waals surface area contributed by atoms with Crippen LogP contribution in [0.4, 0.5) is 5.69 Å². The van der Waals surface area contributed by atoms with E-state index in [2.05, 4.69) is 26.9 Å². The molecule has 0 atom stereocenters. The minimum absolute atomic E-state index is 0.144. The standard InChI is InChI=1S/C12H13BrN2O/c13-10-5-9(8-14)6-12(7-10)15(3-4-16)11-1-2-11/h5-7,11,16H,1-4H2. The number of benzene rings is 1. The zero-order valence-corrected chi connectivity index (χ0v) is 10.4. The van der Waals surface area contributed by atoms with E-state index >= 15 is 0 Å². The summed E-state index contributed by atoms with van der Waals surface area (Å²) in [7, 11) is 0. The van der Waals surface area contributed by atoms with E-state index < -0.39 is 0 Å². The highest BCUT2D eigenvalue weighted by Crippen LogP contribution is 2.33. The third-order valence-electron chi connectivity index (χ3n) is 2.67. The second kappa shape index (κ2) is 4.86. The van der Waals surface area contributed by atoms with Gasteiger partial charge in [-0.25, -0.2) is 0 Å². The molecule has 16 heavy (non-hydrogen) atoms. The summed E-state index contributed by atoms with van der Waals surface area (Å²) in [4.78, 5) is 2.17. The third-order valence-corrected chi connectivity index (χ3v) is 3.13. The average Bonchev–Trinajstić information content (AvgIpc) is 3.08. The molecule has 2 rings (SSSR count). The molecule has 0 unspecified atom stereocenters. The molecule has 0 heterocycles. The Morgan fingerprint density at radius 1 is 1.44 bits per heavy atom. The Hall–Kier alpha value is -1.05. The number of aliphatic hydroxyl groups excluding tert-OH is 1. The number of nitrogens with zero attached hydrogens (tertiary/aromatic N) is 2. The van der Waals surface area contributed by atoms with Gasteiger partial charge in [-0.05, 0) is 31.0 Å². The van der Waals surface area contributed by atoms with Crippen LogP contribution in [0.3, 0.4) is 0 Å². The zero-order valence-electron chi connectivity index (χ0n) is 8.86. The van der Waals surface area contributed by atoms with Crippen molar-refractivity contribution in [2.75, 3.05) is 18.1 Å². The quantitative estimate of drug-likeness (QED) is 0.921. The third kappa shape index (κ3) is 2.55. The van der Waals surface area contributed by atoms with Gasteiger partial charge in [0.05, 0.1) is 18.2 Å². The maximum Gasteiger partial charge on any atom is 0.0992 e. The summed E-state index contributed by atoms with van der Waals surface area (Å²) in [6.45, 7) is 0.775. The highest BCUT2D eigenvalue weighted by molar-refractivity contribution is 9.10. The molecule has 1 fully saturated rings. The van der Waals surface area contributed by atoms with Crippen LogP contribution in [-0.4, -0.2) is 24.3 Å². The van der Waals surface area contributed by atoms with Gasteiger partial charge in [-0.15, -0.1) is 0 Å². The predicted octanol–water partition coefficient (Wildman–Crippen LogP) is 2.28. The van der Waals surface area contributed by atoms with Gasteiger partial charge < -0.3 is 10.0 Å². The Labute approximate surface area is 103 Å². The first-order chi connectivity index (χ1) is 7.74. The van der Waals surface area contributed by atoms with Crippen LogP contribution in [0.1, 0.15) is 18.4 Å². The van der Waals surface area contributed by atoms with Gasteiger partial charge in [-0.2, -0.15) is 5.26 Å². The lowest BCUT2D eigenvalue weighted by Crippen LogP contribution is -2.28. The molecule has 0 radical (unpaired) electrons. The smallest absolute Gasteiger partial charge is 0.0992 e. The van der Waals surface area contributed by atoms with Crippen molar-refractivity contribution in [3.05, 3.63) is 28.2 Å². The fraction of sp³-hybridized carbons (Fsp3) is 0.417. The van der Waals surface area contributed by atoms with Crippen LogP contribution >= 0.6 is 15.9 Å². The molecule has 1 aliphatic carbocycles. The SMILES string of the molecule is N#Cc1cc(Br)cc(N(CCO)C2CC2)c1. The summed E-state index contributed by atoms with van der Waals surface area (Å²) < 4.78 is 0.908. The van der Waals surface area contributed by atoms with E-state index in [9.17, 15) is 0 Å². The van der Waals surface area contributed by atoms with Crippen molar-refractivity contribution in [2.45, 2.75) is 18.9 Å². The first kappa shape index (κ1) is 11.4. The highest BCUT2D eigenvalue weighted by Gasteiger charge is 2.29. The van der Waals surface area contributed by atoms with E-state index in [1.807, 2.05) is 12.1 Å². The zero-order chi connectivity index (χ0) is 11.5. The minimum atomic E-state index is 0.144. The molecule has 0 amide bonds. The van der Waals surface area contributed by atoms with Crippen LogP contribution in [0.25, 0.3) is 0 Å². The van der Waals surface area contributed by atoms with Crippen LogP contribution in [-0.2, 0) is 0 Å². The summed E-state index contributed by atoms with van der Waals surface area (Å²) in [6, 6.07) is 8.35. The van der Waals surface area contributed by atoms with Crippen LogP contribution in [0.15, 0.2) is 22.7 Å². The van der Waals surface area contributed by atoms with Crippen molar-refractivity contribution in [3.63, 3.8) is 0 Å². The average molecular weight is 281 g/mol. The van der Waals surface area contributed by atoms with E-state index in [0.29, 0.717) is 18.2 Å². The van der Waals surface area contributed by atoms with E-state index in [4.69, 9.17) is 10.4 Å². The maximum absolute atomic E-state index is 9.05. The van der Waals surface area contributed by atoms with Gasteiger partial charge in [0.25, 0.3) is 0 Å². The Bertz CT molecular complexity index is 424. The van der Waals surface area contributed by atoms with Crippen molar-refractivity contribution in [2.24, 2.45) is 0 Å². The number of aliphatic hydroxyl groups is 1. The molecule has 0 aliphatic heterocycles. The van der Waals surface area contributed by atoms with Crippen molar-refractivity contribution in [3.8, 4) is 6.07 Å². The second-order valence-electron chi connectivity index (χ2n) is 3.96. The monoisotopic (exact) mass is 280 g/mol. The number of anilines is 1. The molecule has 1 saturated carbocycles.